The van der Waals surface area contributed by atoms with Crippen LogP contribution >= 0.6 is 0 Å². The summed E-state index contributed by atoms with van der Waals surface area (Å²) in [6.45, 7) is 8.18. The maximum Gasteiger partial charge on any atom is 0.433 e. The van der Waals surface area contributed by atoms with Crippen LogP contribution in [0.1, 0.15) is 47.8 Å². The fourth-order valence-corrected chi connectivity index (χ4v) is 6.61. The number of nitrogens with zero attached hydrogens (tertiary/aromatic N) is 3. The number of aliphatic hydroxyl groups excluding tert-OH is 1. The first-order chi connectivity index (χ1) is 25.1. The standard InChI is InChI=1S/C40H47F3N4O5/c1-28-25-29(17-18-44)7-16-35(28)51-34-14-12-33(13-15-34)49-24-3-2-19-46-20-22-47(23-21-46)31-10-8-30(9-11-31)39-36(26-32(48)27-50-39)52-38-6-4-5-37(45-38)40(41,42)43/h4-16,25,32,36,39,48H,2-3,17-24,26-27,44H2,1H3/t32-,36-,39+/m1/s1. The first-order valence-electron chi connectivity index (χ1n) is 17.9. The molecular weight excluding hydrogens is 673 g/mol. The van der Waals surface area contributed by atoms with E-state index in [4.69, 9.17) is 24.7 Å². The summed E-state index contributed by atoms with van der Waals surface area (Å²) in [5.41, 5.74) is 8.85. The van der Waals surface area contributed by atoms with E-state index in [1.807, 2.05) is 61.5 Å². The number of alkyl halides is 3. The third kappa shape index (κ3) is 10.2. The summed E-state index contributed by atoms with van der Waals surface area (Å²) in [7, 11) is 0. The Morgan fingerprint density at radius 2 is 1.67 bits per heavy atom. The van der Waals surface area contributed by atoms with Gasteiger partial charge in [0, 0.05) is 44.4 Å². The minimum absolute atomic E-state index is 0.116. The van der Waals surface area contributed by atoms with Crippen molar-refractivity contribution < 1.29 is 37.2 Å². The molecule has 3 N–H and O–H groups in total. The molecule has 2 aliphatic rings. The highest BCUT2D eigenvalue weighted by molar-refractivity contribution is 5.48. The minimum atomic E-state index is -4.58. The zero-order valence-electron chi connectivity index (χ0n) is 29.4. The molecule has 1 aromatic heterocycles. The molecule has 0 unspecified atom stereocenters. The molecule has 278 valence electrons. The second kappa shape index (κ2) is 17.4. The second-order valence-corrected chi connectivity index (χ2v) is 13.3. The van der Waals surface area contributed by atoms with E-state index in [0.29, 0.717) is 13.2 Å². The summed E-state index contributed by atoms with van der Waals surface area (Å²) in [5.74, 6) is 2.27. The van der Waals surface area contributed by atoms with Crippen molar-refractivity contribution in [3.8, 4) is 23.1 Å². The highest BCUT2D eigenvalue weighted by Crippen LogP contribution is 2.34. The van der Waals surface area contributed by atoms with Crippen molar-refractivity contribution in [3.05, 3.63) is 107 Å². The quantitative estimate of drug-likeness (QED) is 0.134. The maximum absolute atomic E-state index is 13.2. The number of halogens is 3. The van der Waals surface area contributed by atoms with Crippen molar-refractivity contribution in [1.82, 2.24) is 9.88 Å². The van der Waals surface area contributed by atoms with Gasteiger partial charge >= 0.3 is 6.18 Å². The topological polar surface area (TPSA) is 103 Å². The molecule has 4 aromatic rings. The van der Waals surface area contributed by atoms with Gasteiger partial charge in [0.1, 0.15) is 35.2 Å². The number of ether oxygens (including phenoxy) is 4. The summed E-state index contributed by atoms with van der Waals surface area (Å²) >= 11 is 0. The number of hydrogen-bond donors (Lipinski definition) is 2. The fraction of sp³-hybridized carbons (Fsp3) is 0.425. The molecule has 0 bridgehead atoms. The van der Waals surface area contributed by atoms with Crippen molar-refractivity contribution in [3.63, 3.8) is 0 Å². The van der Waals surface area contributed by atoms with Crippen LogP contribution in [0, 0.1) is 6.92 Å². The van der Waals surface area contributed by atoms with Crippen LogP contribution in [0.15, 0.2) is 84.9 Å². The number of aromatic nitrogens is 1. The highest BCUT2D eigenvalue weighted by atomic mass is 19.4. The summed E-state index contributed by atoms with van der Waals surface area (Å²) < 4.78 is 63.4. The zero-order valence-corrected chi connectivity index (χ0v) is 29.4. The van der Waals surface area contributed by atoms with Crippen LogP contribution in [-0.4, -0.2) is 79.7 Å². The van der Waals surface area contributed by atoms with Crippen LogP contribution in [-0.2, 0) is 17.3 Å². The van der Waals surface area contributed by atoms with Gasteiger partial charge in [-0.05, 0) is 104 Å². The molecule has 0 saturated carbocycles. The van der Waals surface area contributed by atoms with Crippen LogP contribution in [0.2, 0.25) is 0 Å². The molecule has 0 radical (unpaired) electrons. The normalized spacial score (nSPS) is 19.7. The smallest absolute Gasteiger partial charge is 0.433 e. The third-order valence-electron chi connectivity index (χ3n) is 9.42. The Labute approximate surface area is 303 Å². The fourth-order valence-electron chi connectivity index (χ4n) is 6.61. The maximum atomic E-state index is 13.2. The van der Waals surface area contributed by atoms with Gasteiger partial charge < -0.3 is 34.7 Å². The molecule has 3 atom stereocenters. The molecule has 2 saturated heterocycles. The van der Waals surface area contributed by atoms with Crippen molar-refractivity contribution >= 4 is 5.69 Å². The van der Waals surface area contributed by atoms with Crippen molar-refractivity contribution in [2.75, 3.05) is 57.4 Å². The molecule has 2 aliphatic heterocycles. The number of aliphatic hydroxyl groups is 1. The molecule has 0 aliphatic carbocycles. The first kappa shape index (κ1) is 37.4. The molecule has 3 aromatic carbocycles. The molecule has 52 heavy (non-hydrogen) atoms. The number of unbranched alkanes of at least 4 members (excludes halogenated alkanes) is 1. The minimum Gasteiger partial charge on any atom is -0.494 e. The van der Waals surface area contributed by atoms with Gasteiger partial charge in [-0.2, -0.15) is 13.2 Å². The summed E-state index contributed by atoms with van der Waals surface area (Å²) in [5, 5.41) is 10.2. The Bertz CT molecular complexity index is 1720. The molecule has 6 rings (SSSR count). The third-order valence-corrected chi connectivity index (χ3v) is 9.42. The van der Waals surface area contributed by atoms with E-state index >= 15 is 0 Å². The highest BCUT2D eigenvalue weighted by Gasteiger charge is 2.36. The molecular formula is C40H47F3N4O5. The lowest BCUT2D eigenvalue weighted by Crippen LogP contribution is -2.46. The van der Waals surface area contributed by atoms with Crippen molar-refractivity contribution in [2.45, 2.75) is 57.1 Å². The van der Waals surface area contributed by atoms with Gasteiger partial charge in [0.25, 0.3) is 0 Å². The van der Waals surface area contributed by atoms with Crippen LogP contribution < -0.4 is 24.8 Å². The molecule has 0 amide bonds. The average Bonchev–Trinajstić information content (AvgIpc) is 3.14. The number of hydrogen-bond acceptors (Lipinski definition) is 9. The van der Waals surface area contributed by atoms with E-state index in [-0.39, 0.29) is 18.9 Å². The number of aryl methyl sites for hydroxylation is 1. The Balaban J connectivity index is 0.908. The zero-order chi connectivity index (χ0) is 36.5. The molecule has 9 nitrogen and oxygen atoms in total. The van der Waals surface area contributed by atoms with E-state index < -0.39 is 30.2 Å². The van der Waals surface area contributed by atoms with Crippen LogP contribution in [0.3, 0.4) is 0 Å². The van der Waals surface area contributed by atoms with Gasteiger partial charge in [-0.1, -0.05) is 30.3 Å². The monoisotopic (exact) mass is 720 g/mol. The van der Waals surface area contributed by atoms with E-state index in [2.05, 4.69) is 26.9 Å². The number of benzene rings is 3. The van der Waals surface area contributed by atoms with Gasteiger partial charge in [-0.25, -0.2) is 4.98 Å². The van der Waals surface area contributed by atoms with Gasteiger partial charge in [-0.15, -0.1) is 0 Å². The van der Waals surface area contributed by atoms with Crippen molar-refractivity contribution in [1.29, 1.82) is 0 Å². The van der Waals surface area contributed by atoms with Crippen LogP contribution in [0.5, 0.6) is 23.1 Å². The lowest BCUT2D eigenvalue weighted by atomic mass is 9.96. The number of rotatable bonds is 14. The number of anilines is 1. The predicted molar refractivity (Wildman–Crippen MR) is 193 cm³/mol. The Hall–Kier alpha value is -4.36. The van der Waals surface area contributed by atoms with Gasteiger partial charge in [0.05, 0.1) is 19.3 Å². The summed E-state index contributed by atoms with van der Waals surface area (Å²) in [6.07, 6.45) is -3.54. The van der Waals surface area contributed by atoms with Gasteiger partial charge in [0.15, 0.2) is 0 Å². The van der Waals surface area contributed by atoms with E-state index in [0.717, 1.165) is 92.1 Å². The van der Waals surface area contributed by atoms with Crippen LogP contribution in [0.25, 0.3) is 0 Å². The van der Waals surface area contributed by atoms with E-state index in [1.54, 1.807) is 0 Å². The first-order valence-corrected chi connectivity index (χ1v) is 17.9. The van der Waals surface area contributed by atoms with Gasteiger partial charge in [-0.3, -0.25) is 4.90 Å². The second-order valence-electron chi connectivity index (χ2n) is 13.3. The Morgan fingerprint density at radius 3 is 2.38 bits per heavy atom. The SMILES string of the molecule is Cc1cc(CCN)ccc1Oc1ccc(OCCCCN2CCN(c3ccc([C@@H]4OC[C@H](O)C[C@H]4Oc4cccc(C(F)(F)F)n4)cc3)CC2)cc1. The molecule has 3 heterocycles. The van der Waals surface area contributed by atoms with Gasteiger partial charge in [0.2, 0.25) is 5.88 Å². The summed E-state index contributed by atoms with van der Waals surface area (Å²) in [4.78, 5) is 8.45. The number of nitrogens with two attached hydrogens (primary N) is 1. The van der Waals surface area contributed by atoms with Crippen LogP contribution in [0.4, 0.5) is 18.9 Å². The lowest BCUT2D eigenvalue weighted by molar-refractivity contribution is -0.142. The largest absolute Gasteiger partial charge is 0.494 e. The number of piperazine rings is 1. The molecule has 12 heteroatoms. The molecule has 0 spiro atoms. The van der Waals surface area contributed by atoms with Crippen molar-refractivity contribution in [2.24, 2.45) is 5.73 Å². The van der Waals surface area contributed by atoms with E-state index in [1.165, 1.54) is 17.7 Å². The molecule has 2 fully saturated rings. The Kier molecular flexibility index (Phi) is 12.5. The average molecular weight is 721 g/mol. The number of pyridine rings is 1. The predicted octanol–water partition coefficient (Wildman–Crippen LogP) is 6.95. The Morgan fingerprint density at radius 1 is 0.923 bits per heavy atom. The lowest BCUT2D eigenvalue weighted by Gasteiger charge is -2.37. The van der Waals surface area contributed by atoms with E-state index in [9.17, 15) is 18.3 Å². The summed E-state index contributed by atoms with van der Waals surface area (Å²) in [6, 6.07) is 25.4.